The average Bonchev–Trinajstić information content (AvgIpc) is 3.14. The Kier molecular flexibility index (Phi) is 3.85. The first-order chi connectivity index (χ1) is 11.4. The lowest BCUT2D eigenvalue weighted by atomic mass is 10.2. The van der Waals surface area contributed by atoms with E-state index in [1.165, 1.54) is 11.5 Å². The topological polar surface area (TPSA) is 58.0 Å². The molecule has 0 atom stereocenters. The summed E-state index contributed by atoms with van der Waals surface area (Å²) < 4.78 is 4.49. The summed E-state index contributed by atoms with van der Waals surface area (Å²) in [6.45, 7) is 3.66. The molecule has 1 aliphatic heterocycles. The van der Waals surface area contributed by atoms with Gasteiger partial charge in [0.15, 0.2) is 5.82 Å². The third kappa shape index (κ3) is 3.00. The van der Waals surface area contributed by atoms with Crippen LogP contribution in [0.3, 0.4) is 0 Å². The van der Waals surface area contributed by atoms with Gasteiger partial charge in [0.25, 0.3) is 0 Å². The zero-order valence-electron chi connectivity index (χ0n) is 12.5. The highest BCUT2D eigenvalue weighted by molar-refractivity contribution is 7.09. The molecule has 1 saturated heterocycles. The molecule has 7 heteroatoms. The zero-order chi connectivity index (χ0) is 15.5. The maximum atomic E-state index is 4.69. The third-order valence-corrected chi connectivity index (χ3v) is 4.65. The van der Waals surface area contributed by atoms with Gasteiger partial charge in [-0.3, -0.25) is 4.98 Å². The SMILES string of the molecule is c1ccc(-c2nsc(N3CCN(c4cnccn4)CC3)n2)cc1. The molecule has 0 aliphatic carbocycles. The molecule has 0 bridgehead atoms. The number of nitrogens with zero attached hydrogens (tertiary/aromatic N) is 6. The van der Waals surface area contributed by atoms with Crippen molar-refractivity contribution in [2.45, 2.75) is 0 Å². The summed E-state index contributed by atoms with van der Waals surface area (Å²) in [4.78, 5) is 17.7. The number of hydrogen-bond acceptors (Lipinski definition) is 7. The Bertz CT molecular complexity index is 753. The van der Waals surface area contributed by atoms with E-state index in [4.69, 9.17) is 0 Å². The number of benzene rings is 1. The second kappa shape index (κ2) is 6.29. The number of piperazine rings is 1. The van der Waals surface area contributed by atoms with Gasteiger partial charge in [0.1, 0.15) is 5.82 Å². The summed E-state index contributed by atoms with van der Waals surface area (Å²) in [6, 6.07) is 10.1. The van der Waals surface area contributed by atoms with Crippen LogP contribution in [0.2, 0.25) is 0 Å². The second-order valence-electron chi connectivity index (χ2n) is 5.30. The van der Waals surface area contributed by atoms with E-state index in [0.29, 0.717) is 0 Å². The quantitative estimate of drug-likeness (QED) is 0.737. The van der Waals surface area contributed by atoms with Gasteiger partial charge in [-0.15, -0.1) is 0 Å². The van der Waals surface area contributed by atoms with Gasteiger partial charge in [-0.1, -0.05) is 30.3 Å². The normalized spacial score (nSPS) is 15.0. The Morgan fingerprint density at radius 1 is 0.913 bits per heavy atom. The molecular formula is C16H16N6S. The molecular weight excluding hydrogens is 308 g/mol. The van der Waals surface area contributed by atoms with Crippen LogP contribution >= 0.6 is 11.5 Å². The fourth-order valence-corrected chi connectivity index (χ4v) is 3.37. The van der Waals surface area contributed by atoms with E-state index in [-0.39, 0.29) is 0 Å². The molecule has 4 rings (SSSR count). The van der Waals surface area contributed by atoms with Gasteiger partial charge in [0.2, 0.25) is 5.13 Å². The van der Waals surface area contributed by atoms with E-state index < -0.39 is 0 Å². The van der Waals surface area contributed by atoms with Crippen molar-refractivity contribution in [2.75, 3.05) is 36.0 Å². The maximum absolute atomic E-state index is 4.69. The highest BCUT2D eigenvalue weighted by Crippen LogP contribution is 2.25. The van der Waals surface area contributed by atoms with Gasteiger partial charge in [0.05, 0.1) is 6.20 Å². The van der Waals surface area contributed by atoms with E-state index in [2.05, 4.69) is 29.1 Å². The maximum Gasteiger partial charge on any atom is 0.205 e. The van der Waals surface area contributed by atoms with Crippen LogP contribution in [-0.4, -0.2) is 45.5 Å². The van der Waals surface area contributed by atoms with Crippen molar-refractivity contribution in [1.29, 1.82) is 0 Å². The number of aromatic nitrogens is 4. The predicted octanol–water partition coefficient (Wildman–Crippen LogP) is 2.32. The molecule has 0 N–H and O–H groups in total. The summed E-state index contributed by atoms with van der Waals surface area (Å²) in [5, 5.41) is 0.989. The summed E-state index contributed by atoms with van der Waals surface area (Å²) >= 11 is 1.47. The van der Waals surface area contributed by atoms with Crippen LogP contribution in [0.25, 0.3) is 11.4 Å². The van der Waals surface area contributed by atoms with Crippen molar-refractivity contribution in [3.05, 3.63) is 48.9 Å². The summed E-state index contributed by atoms with van der Waals surface area (Å²) in [6.07, 6.45) is 5.25. The lowest BCUT2D eigenvalue weighted by Gasteiger charge is -2.34. The van der Waals surface area contributed by atoms with Gasteiger partial charge in [-0.2, -0.15) is 9.36 Å². The van der Waals surface area contributed by atoms with Crippen LogP contribution in [-0.2, 0) is 0 Å². The zero-order valence-corrected chi connectivity index (χ0v) is 13.4. The van der Waals surface area contributed by atoms with Crippen LogP contribution in [0.5, 0.6) is 0 Å². The highest BCUT2D eigenvalue weighted by Gasteiger charge is 2.21. The van der Waals surface area contributed by atoms with Crippen molar-refractivity contribution < 1.29 is 0 Å². The van der Waals surface area contributed by atoms with Gasteiger partial charge in [-0.05, 0) is 0 Å². The third-order valence-electron chi connectivity index (χ3n) is 3.87. The molecule has 3 heterocycles. The van der Waals surface area contributed by atoms with E-state index in [1.807, 2.05) is 36.5 Å². The van der Waals surface area contributed by atoms with Crippen LogP contribution in [0.1, 0.15) is 0 Å². The highest BCUT2D eigenvalue weighted by atomic mass is 32.1. The first kappa shape index (κ1) is 14.1. The van der Waals surface area contributed by atoms with E-state index in [9.17, 15) is 0 Å². The van der Waals surface area contributed by atoms with Crippen LogP contribution in [0, 0.1) is 0 Å². The minimum absolute atomic E-state index is 0.807. The smallest absolute Gasteiger partial charge is 0.205 e. The number of rotatable bonds is 3. The summed E-state index contributed by atoms with van der Waals surface area (Å²) in [5.74, 6) is 1.75. The molecule has 23 heavy (non-hydrogen) atoms. The molecule has 0 spiro atoms. The van der Waals surface area contributed by atoms with Gasteiger partial charge >= 0.3 is 0 Å². The Morgan fingerprint density at radius 2 is 1.70 bits per heavy atom. The standard InChI is InChI=1S/C16H16N6S/c1-2-4-13(5-3-1)15-19-16(23-20-15)22-10-8-21(9-11-22)14-12-17-6-7-18-14/h1-7,12H,8-11H2. The van der Waals surface area contributed by atoms with Crippen molar-refractivity contribution in [2.24, 2.45) is 0 Å². The fraction of sp³-hybridized carbons (Fsp3) is 0.250. The van der Waals surface area contributed by atoms with E-state index >= 15 is 0 Å². The molecule has 2 aromatic heterocycles. The monoisotopic (exact) mass is 324 g/mol. The minimum atomic E-state index is 0.807. The van der Waals surface area contributed by atoms with Crippen LogP contribution in [0.15, 0.2) is 48.9 Å². The van der Waals surface area contributed by atoms with E-state index in [1.54, 1.807) is 12.4 Å². The summed E-state index contributed by atoms with van der Waals surface area (Å²) in [5.41, 5.74) is 1.06. The molecule has 0 unspecified atom stereocenters. The first-order valence-corrected chi connectivity index (χ1v) is 8.32. The number of hydrogen-bond donors (Lipinski definition) is 0. The lowest BCUT2D eigenvalue weighted by molar-refractivity contribution is 0.645. The van der Waals surface area contributed by atoms with Crippen molar-refractivity contribution in [1.82, 2.24) is 19.3 Å². The summed E-state index contributed by atoms with van der Waals surface area (Å²) in [7, 11) is 0. The van der Waals surface area contributed by atoms with Crippen LogP contribution in [0.4, 0.5) is 10.9 Å². The Morgan fingerprint density at radius 3 is 2.43 bits per heavy atom. The molecule has 0 saturated carbocycles. The molecule has 1 fully saturated rings. The van der Waals surface area contributed by atoms with Crippen molar-refractivity contribution in [3.8, 4) is 11.4 Å². The average molecular weight is 324 g/mol. The fourth-order valence-electron chi connectivity index (χ4n) is 2.63. The van der Waals surface area contributed by atoms with Gasteiger partial charge < -0.3 is 9.80 Å². The van der Waals surface area contributed by atoms with Crippen molar-refractivity contribution >= 4 is 22.5 Å². The molecule has 1 aliphatic rings. The van der Waals surface area contributed by atoms with Gasteiger partial charge in [0, 0.05) is 55.7 Å². The Labute approximate surface area is 138 Å². The van der Waals surface area contributed by atoms with Gasteiger partial charge in [-0.25, -0.2) is 4.98 Å². The molecule has 3 aromatic rings. The Balaban J connectivity index is 1.44. The molecule has 116 valence electrons. The predicted molar refractivity (Wildman–Crippen MR) is 91.8 cm³/mol. The first-order valence-electron chi connectivity index (χ1n) is 7.55. The Hall–Kier alpha value is -2.54. The second-order valence-corrected chi connectivity index (χ2v) is 6.03. The molecule has 0 radical (unpaired) electrons. The lowest BCUT2D eigenvalue weighted by Crippen LogP contribution is -2.46. The minimum Gasteiger partial charge on any atom is -0.352 e. The molecule has 0 amide bonds. The van der Waals surface area contributed by atoms with Crippen LogP contribution < -0.4 is 9.80 Å². The largest absolute Gasteiger partial charge is 0.352 e. The number of anilines is 2. The van der Waals surface area contributed by atoms with E-state index in [0.717, 1.165) is 48.5 Å². The molecule has 1 aromatic carbocycles. The van der Waals surface area contributed by atoms with Crippen molar-refractivity contribution in [3.63, 3.8) is 0 Å². The molecule has 6 nitrogen and oxygen atoms in total.